The molecule has 2 rings (SSSR count). The van der Waals surface area contributed by atoms with Crippen LogP contribution in [0.3, 0.4) is 0 Å². The lowest BCUT2D eigenvalue weighted by Gasteiger charge is -2.23. The number of anilines is 1. The predicted octanol–water partition coefficient (Wildman–Crippen LogP) is 2.56. The summed E-state index contributed by atoms with van der Waals surface area (Å²) in [6, 6.07) is 8.19. The van der Waals surface area contributed by atoms with Crippen molar-refractivity contribution in [1.82, 2.24) is 5.32 Å². The topological polar surface area (TPSA) is 32.3 Å². The fourth-order valence-electron chi connectivity index (χ4n) is 2.27. The molecular weight excluding hydrogens is 224 g/mol. The summed E-state index contributed by atoms with van der Waals surface area (Å²) in [5.41, 5.74) is 2.29. The maximum absolute atomic E-state index is 12.4. The number of benzene rings is 1. The third-order valence-electron chi connectivity index (χ3n) is 3.63. The van der Waals surface area contributed by atoms with Gasteiger partial charge in [0, 0.05) is 31.7 Å². The van der Waals surface area contributed by atoms with Crippen molar-refractivity contribution >= 4 is 11.6 Å². The summed E-state index contributed by atoms with van der Waals surface area (Å²) >= 11 is 0. The lowest BCUT2D eigenvalue weighted by Crippen LogP contribution is -2.35. The van der Waals surface area contributed by atoms with Crippen LogP contribution in [0.25, 0.3) is 0 Å². The van der Waals surface area contributed by atoms with E-state index in [2.05, 4.69) is 31.3 Å². The van der Waals surface area contributed by atoms with Crippen molar-refractivity contribution in [3.63, 3.8) is 0 Å². The first-order valence-electron chi connectivity index (χ1n) is 6.81. The quantitative estimate of drug-likeness (QED) is 0.889. The van der Waals surface area contributed by atoms with Crippen LogP contribution in [0.15, 0.2) is 24.3 Å². The molecule has 1 N–H and O–H groups in total. The summed E-state index contributed by atoms with van der Waals surface area (Å²) in [5, 5.41) is 3.36. The summed E-state index contributed by atoms with van der Waals surface area (Å²) < 4.78 is 0. The second-order valence-electron chi connectivity index (χ2n) is 5.07. The molecule has 0 spiro atoms. The average Bonchev–Trinajstić information content (AvgIpc) is 2.60. The first kappa shape index (κ1) is 13.1. The Morgan fingerprint density at radius 1 is 1.44 bits per heavy atom. The van der Waals surface area contributed by atoms with Gasteiger partial charge in [-0.25, -0.2) is 0 Å². The SMILES string of the molecule is CCC(C)CC(=O)N1CCNCc2ccccc21. The van der Waals surface area contributed by atoms with E-state index in [-0.39, 0.29) is 5.91 Å². The van der Waals surface area contributed by atoms with Crippen molar-refractivity contribution in [2.45, 2.75) is 33.2 Å². The van der Waals surface area contributed by atoms with Crippen LogP contribution in [0.2, 0.25) is 0 Å². The summed E-state index contributed by atoms with van der Waals surface area (Å²) in [5.74, 6) is 0.710. The normalized spacial score (nSPS) is 16.9. The lowest BCUT2D eigenvalue weighted by atomic mass is 10.0. The third kappa shape index (κ3) is 2.91. The van der Waals surface area contributed by atoms with E-state index in [0.29, 0.717) is 12.3 Å². The summed E-state index contributed by atoms with van der Waals surface area (Å²) in [6.07, 6.45) is 1.70. The van der Waals surface area contributed by atoms with Crippen molar-refractivity contribution < 1.29 is 4.79 Å². The van der Waals surface area contributed by atoms with Crippen LogP contribution < -0.4 is 10.2 Å². The zero-order valence-electron chi connectivity index (χ0n) is 11.3. The Labute approximate surface area is 109 Å². The van der Waals surface area contributed by atoms with Crippen molar-refractivity contribution in [3.8, 4) is 0 Å². The Kier molecular flexibility index (Phi) is 4.37. The minimum absolute atomic E-state index is 0.250. The Morgan fingerprint density at radius 3 is 3.00 bits per heavy atom. The van der Waals surface area contributed by atoms with Gasteiger partial charge in [0.25, 0.3) is 0 Å². The molecule has 1 aliphatic rings. The molecule has 1 unspecified atom stereocenters. The number of carbonyl (C=O) groups excluding carboxylic acids is 1. The van der Waals surface area contributed by atoms with E-state index in [9.17, 15) is 4.79 Å². The van der Waals surface area contributed by atoms with Gasteiger partial charge in [-0.3, -0.25) is 4.79 Å². The van der Waals surface area contributed by atoms with Gasteiger partial charge in [-0.1, -0.05) is 38.5 Å². The van der Waals surface area contributed by atoms with Crippen molar-refractivity contribution in [2.75, 3.05) is 18.0 Å². The van der Waals surface area contributed by atoms with Gasteiger partial charge in [0.2, 0.25) is 5.91 Å². The molecule has 0 saturated carbocycles. The number of rotatable bonds is 3. The van der Waals surface area contributed by atoms with Crippen LogP contribution in [0.4, 0.5) is 5.69 Å². The minimum Gasteiger partial charge on any atom is -0.311 e. The molecule has 98 valence electrons. The van der Waals surface area contributed by atoms with E-state index in [4.69, 9.17) is 0 Å². The number of amides is 1. The first-order chi connectivity index (χ1) is 8.72. The molecule has 0 radical (unpaired) electrons. The molecule has 0 saturated heterocycles. The van der Waals surface area contributed by atoms with E-state index in [1.165, 1.54) is 5.56 Å². The number of para-hydroxylation sites is 1. The molecule has 0 bridgehead atoms. The largest absolute Gasteiger partial charge is 0.311 e. The van der Waals surface area contributed by atoms with Gasteiger partial charge in [-0.05, 0) is 17.5 Å². The molecule has 1 aromatic carbocycles. The third-order valence-corrected chi connectivity index (χ3v) is 3.63. The van der Waals surface area contributed by atoms with E-state index in [0.717, 1.165) is 31.7 Å². The van der Waals surface area contributed by atoms with Gasteiger partial charge in [0.15, 0.2) is 0 Å². The summed E-state index contributed by atoms with van der Waals surface area (Å²) in [6.45, 7) is 6.76. The molecule has 1 amide bonds. The van der Waals surface area contributed by atoms with E-state index in [1.807, 2.05) is 17.0 Å². The van der Waals surface area contributed by atoms with E-state index >= 15 is 0 Å². The average molecular weight is 246 g/mol. The fourth-order valence-corrected chi connectivity index (χ4v) is 2.27. The summed E-state index contributed by atoms with van der Waals surface area (Å²) in [7, 11) is 0. The zero-order valence-corrected chi connectivity index (χ0v) is 11.3. The number of fused-ring (bicyclic) bond motifs is 1. The highest BCUT2D eigenvalue weighted by atomic mass is 16.2. The standard InChI is InChI=1S/C15H22N2O/c1-3-12(2)10-15(18)17-9-8-16-11-13-6-4-5-7-14(13)17/h4-7,12,16H,3,8-11H2,1-2H3. The maximum Gasteiger partial charge on any atom is 0.227 e. The van der Waals surface area contributed by atoms with Gasteiger partial charge in [-0.2, -0.15) is 0 Å². The molecule has 1 atom stereocenters. The highest BCUT2D eigenvalue weighted by Gasteiger charge is 2.21. The molecule has 1 heterocycles. The Balaban J connectivity index is 2.19. The molecule has 1 aliphatic heterocycles. The van der Waals surface area contributed by atoms with Gasteiger partial charge < -0.3 is 10.2 Å². The van der Waals surface area contributed by atoms with Crippen LogP contribution in [0, 0.1) is 5.92 Å². The highest BCUT2D eigenvalue weighted by molar-refractivity contribution is 5.94. The van der Waals surface area contributed by atoms with Crippen LogP contribution in [0.5, 0.6) is 0 Å². The smallest absolute Gasteiger partial charge is 0.227 e. The second-order valence-corrected chi connectivity index (χ2v) is 5.07. The number of hydrogen-bond donors (Lipinski definition) is 1. The number of hydrogen-bond acceptors (Lipinski definition) is 2. The Hall–Kier alpha value is -1.35. The summed E-state index contributed by atoms with van der Waals surface area (Å²) in [4.78, 5) is 14.3. The Bertz CT molecular complexity index is 417. The van der Waals surface area contributed by atoms with Crippen molar-refractivity contribution in [2.24, 2.45) is 5.92 Å². The molecular formula is C15H22N2O. The molecule has 3 nitrogen and oxygen atoms in total. The molecule has 0 aliphatic carbocycles. The van der Waals surface area contributed by atoms with Gasteiger partial charge >= 0.3 is 0 Å². The molecule has 0 fully saturated rings. The fraction of sp³-hybridized carbons (Fsp3) is 0.533. The molecule has 1 aromatic rings. The van der Waals surface area contributed by atoms with Crippen molar-refractivity contribution in [3.05, 3.63) is 29.8 Å². The van der Waals surface area contributed by atoms with Crippen LogP contribution >= 0.6 is 0 Å². The molecule has 3 heteroatoms. The predicted molar refractivity (Wildman–Crippen MR) is 74.6 cm³/mol. The minimum atomic E-state index is 0.250. The first-order valence-corrected chi connectivity index (χ1v) is 6.81. The number of carbonyl (C=O) groups is 1. The van der Waals surface area contributed by atoms with Gasteiger partial charge in [0.1, 0.15) is 0 Å². The second kappa shape index (κ2) is 6.01. The Morgan fingerprint density at radius 2 is 2.22 bits per heavy atom. The zero-order chi connectivity index (χ0) is 13.0. The van der Waals surface area contributed by atoms with Crippen LogP contribution in [-0.4, -0.2) is 19.0 Å². The van der Waals surface area contributed by atoms with Crippen LogP contribution in [0.1, 0.15) is 32.3 Å². The number of nitrogens with one attached hydrogen (secondary N) is 1. The molecule has 18 heavy (non-hydrogen) atoms. The highest BCUT2D eigenvalue weighted by Crippen LogP contribution is 2.23. The molecule has 0 aromatic heterocycles. The lowest BCUT2D eigenvalue weighted by molar-refractivity contribution is -0.119. The van der Waals surface area contributed by atoms with E-state index in [1.54, 1.807) is 0 Å². The monoisotopic (exact) mass is 246 g/mol. The van der Waals surface area contributed by atoms with Crippen LogP contribution in [-0.2, 0) is 11.3 Å². The maximum atomic E-state index is 12.4. The number of nitrogens with zero attached hydrogens (tertiary/aromatic N) is 1. The van der Waals surface area contributed by atoms with Gasteiger partial charge in [0.05, 0.1) is 0 Å². The van der Waals surface area contributed by atoms with Crippen molar-refractivity contribution in [1.29, 1.82) is 0 Å². The van der Waals surface area contributed by atoms with Gasteiger partial charge in [-0.15, -0.1) is 0 Å². The van der Waals surface area contributed by atoms with E-state index < -0.39 is 0 Å².